The van der Waals surface area contributed by atoms with Gasteiger partial charge in [0.25, 0.3) is 5.91 Å². The van der Waals surface area contributed by atoms with Crippen molar-refractivity contribution >= 4 is 11.7 Å². The van der Waals surface area contributed by atoms with Gasteiger partial charge in [0.05, 0.1) is 12.0 Å². The van der Waals surface area contributed by atoms with E-state index in [-0.39, 0.29) is 12.0 Å². The average molecular weight is 213 g/mol. The molecular formula is C11H19NO3. The van der Waals surface area contributed by atoms with Crippen molar-refractivity contribution in [3.63, 3.8) is 0 Å². The lowest BCUT2D eigenvalue weighted by Crippen LogP contribution is -2.39. The lowest BCUT2D eigenvalue weighted by molar-refractivity contribution is -0.143. The fourth-order valence-electron chi connectivity index (χ4n) is 2.06. The van der Waals surface area contributed by atoms with Crippen LogP contribution in [0.15, 0.2) is 0 Å². The highest BCUT2D eigenvalue weighted by atomic mass is 16.5. The minimum Gasteiger partial charge on any atom is -0.377 e. The molecule has 15 heavy (non-hydrogen) atoms. The van der Waals surface area contributed by atoms with Crippen molar-refractivity contribution < 1.29 is 14.3 Å². The summed E-state index contributed by atoms with van der Waals surface area (Å²) in [5.41, 5.74) is 5.03. The summed E-state index contributed by atoms with van der Waals surface area (Å²) in [6, 6.07) is 0. The number of Topliss-reactive ketones (excluding diaryl/α,β-unsaturated/α-hetero) is 1. The van der Waals surface area contributed by atoms with Gasteiger partial charge in [-0.15, -0.1) is 0 Å². The summed E-state index contributed by atoms with van der Waals surface area (Å²) in [5, 5.41) is 0. The lowest BCUT2D eigenvalue weighted by Gasteiger charge is -2.28. The molecule has 1 aliphatic rings. The second-order valence-corrected chi connectivity index (χ2v) is 4.03. The van der Waals surface area contributed by atoms with Crippen molar-refractivity contribution in [1.82, 2.24) is 0 Å². The van der Waals surface area contributed by atoms with E-state index in [1.54, 1.807) is 0 Å². The second-order valence-electron chi connectivity index (χ2n) is 4.03. The first-order chi connectivity index (χ1) is 7.16. The SMILES string of the molecule is CCCC(C(=O)C(N)=O)C1CCCCO1. The topological polar surface area (TPSA) is 69.4 Å². The Labute approximate surface area is 90.2 Å². The molecule has 1 rings (SSSR count). The van der Waals surface area contributed by atoms with E-state index in [9.17, 15) is 9.59 Å². The molecule has 0 bridgehead atoms. The predicted molar refractivity (Wildman–Crippen MR) is 56.2 cm³/mol. The molecule has 0 aliphatic carbocycles. The molecule has 0 spiro atoms. The summed E-state index contributed by atoms with van der Waals surface area (Å²) in [6.45, 7) is 2.68. The van der Waals surface area contributed by atoms with Gasteiger partial charge in [0.15, 0.2) is 0 Å². The molecule has 2 N–H and O–H groups in total. The Kier molecular flexibility index (Phi) is 4.75. The van der Waals surface area contributed by atoms with Gasteiger partial charge in [-0.25, -0.2) is 0 Å². The molecular weight excluding hydrogens is 194 g/mol. The number of rotatable bonds is 5. The van der Waals surface area contributed by atoms with E-state index in [4.69, 9.17) is 10.5 Å². The highest BCUT2D eigenvalue weighted by Crippen LogP contribution is 2.24. The van der Waals surface area contributed by atoms with Gasteiger partial charge in [-0.1, -0.05) is 13.3 Å². The average Bonchev–Trinajstić information content (AvgIpc) is 2.26. The maximum Gasteiger partial charge on any atom is 0.285 e. The largest absolute Gasteiger partial charge is 0.377 e. The molecule has 2 atom stereocenters. The zero-order valence-corrected chi connectivity index (χ0v) is 9.20. The third kappa shape index (κ3) is 3.30. The van der Waals surface area contributed by atoms with Gasteiger partial charge in [-0.3, -0.25) is 9.59 Å². The molecule has 2 unspecified atom stereocenters. The van der Waals surface area contributed by atoms with E-state index in [1.807, 2.05) is 6.92 Å². The van der Waals surface area contributed by atoms with Crippen molar-refractivity contribution in [1.29, 1.82) is 0 Å². The molecule has 1 fully saturated rings. The zero-order chi connectivity index (χ0) is 11.3. The summed E-state index contributed by atoms with van der Waals surface area (Å²) in [4.78, 5) is 22.5. The van der Waals surface area contributed by atoms with Crippen LogP contribution in [0.2, 0.25) is 0 Å². The Morgan fingerprint density at radius 3 is 2.67 bits per heavy atom. The molecule has 86 valence electrons. The number of carbonyl (C=O) groups is 2. The Hall–Kier alpha value is -0.900. The minimum atomic E-state index is -0.831. The van der Waals surface area contributed by atoms with Gasteiger partial charge in [0, 0.05) is 6.61 Å². The van der Waals surface area contributed by atoms with Crippen LogP contribution in [0.5, 0.6) is 0 Å². The third-order valence-electron chi connectivity index (χ3n) is 2.84. The smallest absolute Gasteiger partial charge is 0.285 e. The van der Waals surface area contributed by atoms with Gasteiger partial charge in [0.1, 0.15) is 0 Å². The number of ether oxygens (including phenoxy) is 1. The van der Waals surface area contributed by atoms with Crippen LogP contribution in [-0.2, 0) is 14.3 Å². The number of ketones is 1. The van der Waals surface area contributed by atoms with E-state index in [2.05, 4.69) is 0 Å². The van der Waals surface area contributed by atoms with Gasteiger partial charge in [0.2, 0.25) is 5.78 Å². The van der Waals surface area contributed by atoms with E-state index >= 15 is 0 Å². The lowest BCUT2D eigenvalue weighted by atomic mass is 9.88. The van der Waals surface area contributed by atoms with E-state index in [0.29, 0.717) is 13.0 Å². The van der Waals surface area contributed by atoms with E-state index < -0.39 is 11.7 Å². The molecule has 4 heteroatoms. The van der Waals surface area contributed by atoms with Crippen LogP contribution in [0.25, 0.3) is 0 Å². The molecule has 1 aliphatic heterocycles. The van der Waals surface area contributed by atoms with Crippen LogP contribution in [-0.4, -0.2) is 24.4 Å². The molecule has 1 saturated heterocycles. The Balaban J connectivity index is 2.62. The molecule has 0 aromatic rings. The van der Waals surface area contributed by atoms with Crippen molar-refractivity contribution in [3.8, 4) is 0 Å². The molecule has 1 heterocycles. The molecule has 4 nitrogen and oxygen atoms in total. The number of hydrogen-bond donors (Lipinski definition) is 1. The first-order valence-corrected chi connectivity index (χ1v) is 5.62. The second kappa shape index (κ2) is 5.85. The fraction of sp³-hybridized carbons (Fsp3) is 0.818. The van der Waals surface area contributed by atoms with E-state index in [0.717, 1.165) is 25.7 Å². The summed E-state index contributed by atoms with van der Waals surface area (Å²) in [5.74, 6) is -1.63. The normalized spacial score (nSPS) is 23.4. The maximum absolute atomic E-state index is 11.6. The predicted octanol–water partition coefficient (Wildman–Crippen LogP) is 1.03. The van der Waals surface area contributed by atoms with Crippen molar-refractivity contribution in [2.75, 3.05) is 6.61 Å². The standard InChI is InChI=1S/C11H19NO3/c1-2-5-8(10(13)11(12)14)9-6-3-4-7-15-9/h8-9H,2-7H2,1H3,(H2,12,14). The van der Waals surface area contributed by atoms with Gasteiger partial charge < -0.3 is 10.5 Å². The van der Waals surface area contributed by atoms with Crippen LogP contribution in [0, 0.1) is 5.92 Å². The molecule has 0 aromatic carbocycles. The molecule has 1 amide bonds. The quantitative estimate of drug-likeness (QED) is 0.693. The van der Waals surface area contributed by atoms with E-state index in [1.165, 1.54) is 0 Å². The maximum atomic E-state index is 11.6. The number of hydrogen-bond acceptors (Lipinski definition) is 3. The fourth-order valence-corrected chi connectivity index (χ4v) is 2.06. The number of amides is 1. The third-order valence-corrected chi connectivity index (χ3v) is 2.84. The van der Waals surface area contributed by atoms with Crippen LogP contribution < -0.4 is 5.73 Å². The van der Waals surface area contributed by atoms with Crippen molar-refractivity contribution in [3.05, 3.63) is 0 Å². The number of carbonyl (C=O) groups excluding carboxylic acids is 2. The first-order valence-electron chi connectivity index (χ1n) is 5.62. The van der Waals surface area contributed by atoms with Crippen LogP contribution >= 0.6 is 0 Å². The summed E-state index contributed by atoms with van der Waals surface area (Å²) in [6.07, 6.45) is 4.43. The van der Waals surface area contributed by atoms with Crippen molar-refractivity contribution in [2.24, 2.45) is 11.7 Å². The van der Waals surface area contributed by atoms with Crippen LogP contribution in [0.1, 0.15) is 39.0 Å². The van der Waals surface area contributed by atoms with Gasteiger partial charge in [-0.2, -0.15) is 0 Å². The Morgan fingerprint density at radius 2 is 2.20 bits per heavy atom. The highest BCUT2D eigenvalue weighted by molar-refractivity contribution is 6.36. The number of nitrogens with two attached hydrogens (primary N) is 1. The van der Waals surface area contributed by atoms with Gasteiger partial charge >= 0.3 is 0 Å². The monoisotopic (exact) mass is 213 g/mol. The highest BCUT2D eigenvalue weighted by Gasteiger charge is 2.32. The summed E-state index contributed by atoms with van der Waals surface area (Å²) < 4.78 is 5.54. The van der Waals surface area contributed by atoms with Crippen LogP contribution in [0.3, 0.4) is 0 Å². The number of primary amides is 1. The summed E-state index contributed by atoms with van der Waals surface area (Å²) in [7, 11) is 0. The minimum absolute atomic E-state index is 0.0984. The zero-order valence-electron chi connectivity index (χ0n) is 9.20. The first kappa shape index (κ1) is 12.2. The molecule has 0 saturated carbocycles. The van der Waals surface area contributed by atoms with Crippen molar-refractivity contribution in [2.45, 2.75) is 45.1 Å². The van der Waals surface area contributed by atoms with Crippen LogP contribution in [0.4, 0.5) is 0 Å². The van der Waals surface area contributed by atoms with Gasteiger partial charge in [-0.05, 0) is 25.7 Å². The molecule has 0 radical (unpaired) electrons. The summed E-state index contributed by atoms with van der Waals surface area (Å²) >= 11 is 0. The Morgan fingerprint density at radius 1 is 1.47 bits per heavy atom. The Bertz CT molecular complexity index is 234. The molecule has 0 aromatic heterocycles.